The highest BCUT2D eigenvalue weighted by molar-refractivity contribution is 6.21. The van der Waals surface area contributed by atoms with Crippen molar-refractivity contribution in [2.24, 2.45) is 17.3 Å². The van der Waals surface area contributed by atoms with E-state index in [1.807, 2.05) is 13.8 Å². The van der Waals surface area contributed by atoms with Crippen LogP contribution in [0.5, 0.6) is 0 Å². The van der Waals surface area contributed by atoms with E-state index in [-0.39, 0.29) is 34.5 Å². The Hall–Kier alpha value is -2.24. The molecule has 170 valence electrons. The summed E-state index contributed by atoms with van der Waals surface area (Å²) in [6.45, 7) is 9.40. The second-order valence-electron chi connectivity index (χ2n) is 9.16. The van der Waals surface area contributed by atoms with E-state index in [2.05, 4.69) is 6.58 Å². The molecule has 0 aromatic heterocycles. The monoisotopic (exact) mass is 435 g/mol. The third-order valence-electron chi connectivity index (χ3n) is 6.53. The van der Waals surface area contributed by atoms with Crippen molar-refractivity contribution in [3.8, 4) is 0 Å². The van der Waals surface area contributed by atoms with Gasteiger partial charge in [0, 0.05) is 30.0 Å². The zero-order valence-electron chi connectivity index (χ0n) is 18.6. The van der Waals surface area contributed by atoms with Crippen molar-refractivity contribution in [2.75, 3.05) is 0 Å². The number of alkyl halides is 3. The molecule has 0 spiro atoms. The number of allylic oxidation sites excluding steroid dienone is 1. The lowest BCUT2D eigenvalue weighted by atomic mass is 9.62. The Bertz CT molecular complexity index is 859. The largest absolute Gasteiger partial charge is 0.416 e. The lowest BCUT2D eigenvalue weighted by molar-refractivity contribution is -0.137. The molecule has 0 aliphatic heterocycles. The van der Waals surface area contributed by atoms with Crippen LogP contribution in [0.3, 0.4) is 0 Å². The highest BCUT2D eigenvalue weighted by atomic mass is 19.4. The summed E-state index contributed by atoms with van der Waals surface area (Å²) in [5, 5.41) is 7.97. The van der Waals surface area contributed by atoms with Crippen molar-refractivity contribution in [1.29, 1.82) is 5.41 Å². The summed E-state index contributed by atoms with van der Waals surface area (Å²) in [6.07, 6.45) is -0.253. The molecule has 0 amide bonds. The molecule has 0 bridgehead atoms. The molecule has 1 aliphatic carbocycles. The van der Waals surface area contributed by atoms with Crippen LogP contribution in [0.25, 0.3) is 5.57 Å². The van der Waals surface area contributed by atoms with E-state index in [0.717, 1.165) is 25.0 Å². The van der Waals surface area contributed by atoms with E-state index in [0.29, 0.717) is 37.8 Å². The Morgan fingerprint density at radius 1 is 1.19 bits per heavy atom. The lowest BCUT2D eigenvalue weighted by Crippen LogP contribution is -2.37. The summed E-state index contributed by atoms with van der Waals surface area (Å²) in [4.78, 5) is 25.4. The molecule has 1 fully saturated rings. The first-order valence-corrected chi connectivity index (χ1v) is 10.8. The van der Waals surface area contributed by atoms with Gasteiger partial charge in [0.1, 0.15) is 5.78 Å². The number of halogens is 3. The number of carbonyl (C=O) groups is 2. The van der Waals surface area contributed by atoms with Crippen molar-refractivity contribution in [1.82, 2.24) is 0 Å². The van der Waals surface area contributed by atoms with Crippen LogP contribution >= 0.6 is 0 Å². The van der Waals surface area contributed by atoms with Gasteiger partial charge in [-0.25, -0.2) is 0 Å². The Balaban J connectivity index is 2.22. The first kappa shape index (κ1) is 25.0. The van der Waals surface area contributed by atoms with Gasteiger partial charge < -0.3 is 5.41 Å². The van der Waals surface area contributed by atoms with Gasteiger partial charge in [0.25, 0.3) is 0 Å². The second kappa shape index (κ2) is 9.92. The normalized spacial score (nSPS) is 21.2. The zero-order chi connectivity index (χ0) is 23.4. The number of benzene rings is 1. The fraction of sp³-hybridized carbons (Fsp3) is 0.560. The third-order valence-corrected chi connectivity index (χ3v) is 6.53. The van der Waals surface area contributed by atoms with Gasteiger partial charge in [-0.05, 0) is 61.6 Å². The number of nitrogens with one attached hydrogen (secondary N) is 1. The van der Waals surface area contributed by atoms with Crippen molar-refractivity contribution in [3.05, 3.63) is 42.0 Å². The van der Waals surface area contributed by atoms with Gasteiger partial charge in [-0.2, -0.15) is 13.2 Å². The molecule has 1 N–H and O–H groups in total. The van der Waals surface area contributed by atoms with Crippen LogP contribution in [0.15, 0.2) is 30.8 Å². The van der Waals surface area contributed by atoms with Crippen molar-refractivity contribution in [3.63, 3.8) is 0 Å². The maximum Gasteiger partial charge on any atom is 0.416 e. The van der Waals surface area contributed by atoms with E-state index in [4.69, 9.17) is 5.41 Å². The van der Waals surface area contributed by atoms with Crippen molar-refractivity contribution < 1.29 is 22.8 Å². The quantitative estimate of drug-likeness (QED) is 0.339. The van der Waals surface area contributed by atoms with E-state index in [9.17, 15) is 22.8 Å². The first-order valence-electron chi connectivity index (χ1n) is 10.8. The summed E-state index contributed by atoms with van der Waals surface area (Å²) in [7, 11) is 0. The molecule has 31 heavy (non-hydrogen) atoms. The molecule has 0 radical (unpaired) electrons. The van der Waals surface area contributed by atoms with Gasteiger partial charge in [-0.1, -0.05) is 39.0 Å². The predicted molar refractivity (Wildman–Crippen MR) is 117 cm³/mol. The minimum absolute atomic E-state index is 0.0975. The SMILES string of the molecule is C=C(C(=O)C1CCCC(C(C)(CC(C)=N)CC(=O)CC)C1)c1cccc(C(F)(F)F)c1. The van der Waals surface area contributed by atoms with Crippen LogP contribution in [0.2, 0.25) is 0 Å². The number of hydrogen-bond acceptors (Lipinski definition) is 3. The molecule has 1 aromatic rings. The van der Waals surface area contributed by atoms with Crippen LogP contribution < -0.4 is 0 Å². The van der Waals surface area contributed by atoms with Gasteiger partial charge in [-0.15, -0.1) is 0 Å². The third kappa shape index (κ3) is 6.37. The summed E-state index contributed by atoms with van der Waals surface area (Å²) < 4.78 is 39.1. The van der Waals surface area contributed by atoms with Crippen LogP contribution in [0.4, 0.5) is 13.2 Å². The van der Waals surface area contributed by atoms with Gasteiger partial charge >= 0.3 is 6.18 Å². The molecule has 3 unspecified atom stereocenters. The van der Waals surface area contributed by atoms with Crippen LogP contribution in [0, 0.1) is 22.7 Å². The predicted octanol–water partition coefficient (Wildman–Crippen LogP) is 6.90. The van der Waals surface area contributed by atoms with E-state index >= 15 is 0 Å². The molecular weight excluding hydrogens is 403 g/mol. The number of carbonyl (C=O) groups excluding carboxylic acids is 2. The summed E-state index contributed by atoms with van der Waals surface area (Å²) in [5.41, 5.74) is -0.386. The van der Waals surface area contributed by atoms with Gasteiger partial charge in [-0.3, -0.25) is 9.59 Å². The Morgan fingerprint density at radius 3 is 2.45 bits per heavy atom. The average Bonchev–Trinajstić information content (AvgIpc) is 2.71. The molecule has 0 saturated heterocycles. The minimum atomic E-state index is -4.48. The maximum absolute atomic E-state index is 13.1. The molecular formula is C25H32F3NO2. The zero-order valence-corrected chi connectivity index (χ0v) is 18.6. The Labute approximate surface area is 182 Å². The number of hydrogen-bond donors (Lipinski definition) is 1. The smallest absolute Gasteiger partial charge is 0.310 e. The highest BCUT2D eigenvalue weighted by Crippen LogP contribution is 2.46. The summed E-state index contributed by atoms with van der Waals surface area (Å²) >= 11 is 0. The standard InChI is InChI=1S/C25H32F3NO2/c1-5-22(30)15-24(4,14-16(2)29)20-10-7-9-19(13-20)23(31)17(3)18-8-6-11-21(12-18)25(26,27)28/h6,8,11-12,19-20,29H,3,5,7,9-10,13-15H2,1-2,4H3. The molecule has 0 heterocycles. The molecule has 3 nitrogen and oxygen atoms in total. The van der Waals surface area contributed by atoms with Crippen LogP contribution in [-0.4, -0.2) is 17.3 Å². The fourth-order valence-electron chi connectivity index (χ4n) is 4.87. The van der Waals surface area contributed by atoms with Crippen LogP contribution in [0.1, 0.15) is 76.8 Å². The van der Waals surface area contributed by atoms with Gasteiger partial charge in [0.15, 0.2) is 5.78 Å². The Morgan fingerprint density at radius 2 is 1.87 bits per heavy atom. The average molecular weight is 436 g/mol. The minimum Gasteiger partial charge on any atom is -0.310 e. The number of rotatable bonds is 9. The Kier molecular flexibility index (Phi) is 8.01. The topological polar surface area (TPSA) is 58.0 Å². The maximum atomic E-state index is 13.1. The van der Waals surface area contributed by atoms with Crippen LogP contribution in [-0.2, 0) is 15.8 Å². The molecule has 6 heteroatoms. The van der Waals surface area contributed by atoms with Gasteiger partial charge in [0.05, 0.1) is 5.56 Å². The lowest BCUT2D eigenvalue weighted by Gasteiger charge is -2.42. The van der Waals surface area contributed by atoms with Gasteiger partial charge in [0.2, 0.25) is 0 Å². The van der Waals surface area contributed by atoms with E-state index in [1.54, 1.807) is 6.92 Å². The fourth-order valence-corrected chi connectivity index (χ4v) is 4.87. The first-order chi connectivity index (χ1) is 14.4. The molecule has 3 atom stereocenters. The second-order valence-corrected chi connectivity index (χ2v) is 9.16. The van der Waals surface area contributed by atoms with Crippen molar-refractivity contribution >= 4 is 22.9 Å². The molecule has 1 aromatic carbocycles. The van der Waals surface area contributed by atoms with E-state index in [1.165, 1.54) is 12.1 Å². The van der Waals surface area contributed by atoms with Crippen molar-refractivity contribution in [2.45, 2.75) is 71.9 Å². The van der Waals surface area contributed by atoms with E-state index < -0.39 is 17.2 Å². The number of ketones is 2. The summed E-state index contributed by atoms with van der Waals surface area (Å²) in [5.74, 6) is -0.312. The molecule has 2 rings (SSSR count). The highest BCUT2D eigenvalue weighted by Gasteiger charge is 2.41. The number of Topliss-reactive ketones (excluding diaryl/α,β-unsaturated/α-hetero) is 2. The molecule has 1 aliphatic rings. The summed E-state index contributed by atoms with van der Waals surface area (Å²) in [6, 6.07) is 4.73. The molecule has 1 saturated carbocycles.